The first-order chi connectivity index (χ1) is 13.3. The monoisotopic (exact) mass is 402 g/mol. The molecule has 0 saturated heterocycles. The lowest BCUT2D eigenvalue weighted by Crippen LogP contribution is -2.21. The third-order valence-electron chi connectivity index (χ3n) is 3.93. The number of Topliss-reactive ketones (excluding diaryl/α,β-unsaturated/α-hetero) is 1. The minimum Gasteiger partial charge on any atom is -0.483 e. The molecule has 0 saturated carbocycles. The molecule has 0 aliphatic rings. The summed E-state index contributed by atoms with van der Waals surface area (Å²) in [6.07, 6.45) is 1.13. The van der Waals surface area contributed by atoms with Crippen LogP contribution in [-0.4, -0.2) is 24.2 Å². The molecular weight excluding hydrogens is 380 g/mol. The molecule has 6 nitrogen and oxygen atoms in total. The Balaban J connectivity index is 2.03. The van der Waals surface area contributed by atoms with Crippen LogP contribution < -0.4 is 15.4 Å². The van der Waals surface area contributed by atoms with E-state index in [1.807, 2.05) is 13.8 Å². The van der Waals surface area contributed by atoms with E-state index < -0.39 is 0 Å². The molecule has 0 spiro atoms. The predicted octanol–water partition coefficient (Wildman–Crippen LogP) is 4.61. The number of nitrogens with one attached hydrogen (secondary N) is 2. The maximum atomic E-state index is 12.1. The summed E-state index contributed by atoms with van der Waals surface area (Å²) in [6.45, 7) is 4.91. The molecule has 0 fully saturated rings. The largest absolute Gasteiger partial charge is 0.483 e. The Labute approximate surface area is 169 Å². The van der Waals surface area contributed by atoms with Gasteiger partial charge in [0.1, 0.15) is 5.75 Å². The molecule has 7 heteroatoms. The molecule has 0 aromatic heterocycles. The SMILES string of the molecule is CCCC(=O)Nc1ccc(OCC(=O)Nc2ccc(C)c(Cl)c2)c(C(C)=O)c1. The van der Waals surface area contributed by atoms with Crippen LogP contribution in [0, 0.1) is 6.92 Å². The normalized spacial score (nSPS) is 10.3. The van der Waals surface area contributed by atoms with Crippen molar-refractivity contribution in [3.63, 3.8) is 0 Å². The van der Waals surface area contributed by atoms with Gasteiger partial charge >= 0.3 is 0 Å². The Hall–Kier alpha value is -2.86. The average Bonchev–Trinajstić information content (AvgIpc) is 2.63. The van der Waals surface area contributed by atoms with Crippen LogP contribution in [0.1, 0.15) is 42.6 Å². The Morgan fingerprint density at radius 2 is 1.64 bits per heavy atom. The number of rotatable bonds is 8. The smallest absolute Gasteiger partial charge is 0.262 e. The number of ketones is 1. The van der Waals surface area contributed by atoms with E-state index in [2.05, 4.69) is 10.6 Å². The van der Waals surface area contributed by atoms with Crippen LogP contribution in [0.3, 0.4) is 0 Å². The third-order valence-corrected chi connectivity index (χ3v) is 4.34. The van der Waals surface area contributed by atoms with E-state index >= 15 is 0 Å². The molecule has 2 N–H and O–H groups in total. The van der Waals surface area contributed by atoms with E-state index in [1.54, 1.807) is 36.4 Å². The lowest BCUT2D eigenvalue weighted by atomic mass is 10.1. The van der Waals surface area contributed by atoms with Crippen molar-refractivity contribution in [2.45, 2.75) is 33.6 Å². The molecule has 0 bridgehead atoms. The van der Waals surface area contributed by atoms with Crippen LogP contribution in [0.2, 0.25) is 5.02 Å². The molecule has 0 atom stereocenters. The Kier molecular flexibility index (Phi) is 7.58. The molecule has 28 heavy (non-hydrogen) atoms. The van der Waals surface area contributed by atoms with Gasteiger partial charge in [-0.25, -0.2) is 0 Å². The first-order valence-electron chi connectivity index (χ1n) is 8.93. The van der Waals surface area contributed by atoms with Crippen LogP contribution in [0.4, 0.5) is 11.4 Å². The number of benzene rings is 2. The summed E-state index contributed by atoms with van der Waals surface area (Å²) in [4.78, 5) is 35.8. The molecule has 2 amide bonds. The standard InChI is InChI=1S/C21H23ClN2O4/c1-4-5-20(26)23-15-8-9-19(17(10-15)14(3)25)28-12-21(27)24-16-7-6-13(2)18(22)11-16/h6-11H,4-5,12H2,1-3H3,(H,23,26)(H,24,27). The van der Waals surface area contributed by atoms with Crippen molar-refractivity contribution in [2.24, 2.45) is 0 Å². The van der Waals surface area contributed by atoms with E-state index in [1.165, 1.54) is 6.92 Å². The summed E-state index contributed by atoms with van der Waals surface area (Å²) in [6, 6.07) is 9.94. The Morgan fingerprint density at radius 3 is 2.29 bits per heavy atom. The number of aryl methyl sites for hydroxylation is 1. The van der Waals surface area contributed by atoms with Crippen molar-refractivity contribution < 1.29 is 19.1 Å². The first-order valence-corrected chi connectivity index (χ1v) is 9.31. The molecular formula is C21H23ClN2O4. The number of amides is 2. The molecule has 2 rings (SSSR count). The summed E-state index contributed by atoms with van der Waals surface area (Å²) in [7, 11) is 0. The quantitative estimate of drug-likeness (QED) is 0.631. The van der Waals surface area contributed by atoms with Crippen LogP contribution in [0.15, 0.2) is 36.4 Å². The van der Waals surface area contributed by atoms with Crippen LogP contribution >= 0.6 is 11.6 Å². The molecule has 2 aromatic rings. The van der Waals surface area contributed by atoms with Gasteiger partial charge in [0, 0.05) is 22.8 Å². The van der Waals surface area contributed by atoms with E-state index in [9.17, 15) is 14.4 Å². The maximum Gasteiger partial charge on any atom is 0.262 e. The molecule has 0 radical (unpaired) electrons. The Morgan fingerprint density at radius 1 is 1.00 bits per heavy atom. The average molecular weight is 403 g/mol. The summed E-state index contributed by atoms with van der Waals surface area (Å²) in [5.41, 5.74) is 2.27. The number of halogens is 1. The summed E-state index contributed by atoms with van der Waals surface area (Å²) in [5.74, 6) is -0.457. The van der Waals surface area contributed by atoms with Crippen LogP contribution in [0.5, 0.6) is 5.75 Å². The van der Waals surface area contributed by atoms with Gasteiger partial charge in [0.15, 0.2) is 12.4 Å². The second-order valence-corrected chi connectivity index (χ2v) is 6.77. The highest BCUT2D eigenvalue weighted by atomic mass is 35.5. The highest BCUT2D eigenvalue weighted by Gasteiger charge is 2.13. The maximum absolute atomic E-state index is 12.1. The zero-order valence-corrected chi connectivity index (χ0v) is 16.9. The fraction of sp³-hybridized carbons (Fsp3) is 0.286. The predicted molar refractivity (Wildman–Crippen MR) is 110 cm³/mol. The minimum atomic E-state index is -0.380. The van der Waals surface area contributed by atoms with Gasteiger partial charge in [0.2, 0.25) is 5.91 Å². The van der Waals surface area contributed by atoms with E-state index in [-0.39, 0.29) is 30.0 Å². The second-order valence-electron chi connectivity index (χ2n) is 6.37. The number of ether oxygens (including phenoxy) is 1. The fourth-order valence-electron chi connectivity index (χ4n) is 2.47. The fourth-order valence-corrected chi connectivity index (χ4v) is 2.65. The van der Waals surface area contributed by atoms with Gasteiger partial charge < -0.3 is 15.4 Å². The molecule has 148 valence electrons. The lowest BCUT2D eigenvalue weighted by Gasteiger charge is -2.13. The van der Waals surface area contributed by atoms with Crippen molar-refractivity contribution in [3.8, 4) is 5.75 Å². The topological polar surface area (TPSA) is 84.5 Å². The van der Waals surface area contributed by atoms with Gasteiger partial charge in [-0.1, -0.05) is 24.6 Å². The van der Waals surface area contributed by atoms with E-state index in [0.29, 0.717) is 28.4 Å². The zero-order valence-electron chi connectivity index (χ0n) is 16.1. The molecule has 0 heterocycles. The van der Waals surface area contributed by atoms with Crippen molar-refractivity contribution >= 4 is 40.6 Å². The molecule has 0 aliphatic carbocycles. The van der Waals surface area contributed by atoms with Gasteiger partial charge in [0.25, 0.3) is 5.91 Å². The highest BCUT2D eigenvalue weighted by Crippen LogP contribution is 2.24. The number of carbonyl (C=O) groups excluding carboxylic acids is 3. The number of carbonyl (C=O) groups is 3. The van der Waals surface area contributed by atoms with E-state index in [4.69, 9.17) is 16.3 Å². The summed E-state index contributed by atoms with van der Waals surface area (Å²) < 4.78 is 5.52. The van der Waals surface area contributed by atoms with Crippen molar-refractivity contribution in [3.05, 3.63) is 52.5 Å². The van der Waals surface area contributed by atoms with Gasteiger partial charge in [-0.05, 0) is 56.2 Å². The van der Waals surface area contributed by atoms with Crippen LogP contribution in [0.25, 0.3) is 0 Å². The van der Waals surface area contributed by atoms with Crippen molar-refractivity contribution in [2.75, 3.05) is 17.2 Å². The van der Waals surface area contributed by atoms with Gasteiger partial charge in [-0.15, -0.1) is 0 Å². The van der Waals surface area contributed by atoms with Crippen LogP contribution in [-0.2, 0) is 9.59 Å². The van der Waals surface area contributed by atoms with Crippen molar-refractivity contribution in [1.82, 2.24) is 0 Å². The lowest BCUT2D eigenvalue weighted by molar-refractivity contribution is -0.118. The highest BCUT2D eigenvalue weighted by molar-refractivity contribution is 6.31. The zero-order chi connectivity index (χ0) is 20.7. The molecule has 0 aliphatic heterocycles. The van der Waals surface area contributed by atoms with E-state index in [0.717, 1.165) is 12.0 Å². The second kappa shape index (κ2) is 9.90. The summed E-state index contributed by atoms with van der Waals surface area (Å²) in [5, 5.41) is 5.98. The molecule has 2 aromatic carbocycles. The number of anilines is 2. The van der Waals surface area contributed by atoms with Crippen molar-refractivity contribution in [1.29, 1.82) is 0 Å². The first kappa shape index (κ1) is 21.4. The molecule has 0 unspecified atom stereocenters. The van der Waals surface area contributed by atoms with Gasteiger partial charge in [-0.2, -0.15) is 0 Å². The summed E-state index contributed by atoms with van der Waals surface area (Å²) >= 11 is 6.05. The number of hydrogen-bond acceptors (Lipinski definition) is 4. The third kappa shape index (κ3) is 6.09. The Bertz CT molecular complexity index is 896. The number of hydrogen-bond donors (Lipinski definition) is 2. The van der Waals surface area contributed by atoms with Gasteiger partial charge in [-0.3, -0.25) is 14.4 Å². The van der Waals surface area contributed by atoms with Gasteiger partial charge in [0.05, 0.1) is 5.56 Å². The minimum absolute atomic E-state index is 0.123.